The maximum absolute atomic E-state index is 12.4. The number of nitrogens with one attached hydrogen (secondary N) is 1. The molecule has 1 unspecified atom stereocenters. The van der Waals surface area contributed by atoms with Crippen LogP contribution < -0.4 is 10.2 Å². The molecule has 0 radical (unpaired) electrons. The van der Waals surface area contributed by atoms with Crippen LogP contribution in [-0.2, 0) is 4.79 Å². The van der Waals surface area contributed by atoms with E-state index in [1.165, 1.54) is 11.3 Å². The van der Waals surface area contributed by atoms with Gasteiger partial charge >= 0.3 is 0 Å². The minimum atomic E-state index is -0.0794. The molecule has 1 aliphatic heterocycles. The van der Waals surface area contributed by atoms with Crippen LogP contribution >= 0.6 is 11.3 Å². The molecule has 25 heavy (non-hydrogen) atoms. The molecule has 4 rings (SSSR count). The van der Waals surface area contributed by atoms with Crippen LogP contribution in [0.5, 0.6) is 0 Å². The molecule has 0 aromatic carbocycles. The molecule has 7 nitrogen and oxygen atoms in total. The Morgan fingerprint density at radius 1 is 1.32 bits per heavy atom. The smallest absolute Gasteiger partial charge is 0.231 e. The largest absolute Gasteiger partial charge is 0.463 e. The number of hydrogen-bond donors (Lipinski definition) is 1. The summed E-state index contributed by atoms with van der Waals surface area (Å²) in [6.45, 7) is 1.50. The SMILES string of the molecule is O=C(Nc1nccs1)C1CCCN(c2ccc(-c3ccco3)nn2)C1. The molecule has 3 aromatic heterocycles. The minimum Gasteiger partial charge on any atom is -0.463 e. The van der Waals surface area contributed by atoms with Crippen molar-refractivity contribution in [2.24, 2.45) is 5.92 Å². The lowest BCUT2D eigenvalue weighted by molar-refractivity contribution is -0.120. The summed E-state index contributed by atoms with van der Waals surface area (Å²) in [5.74, 6) is 1.41. The molecule has 1 atom stereocenters. The van der Waals surface area contributed by atoms with Crippen molar-refractivity contribution in [1.82, 2.24) is 15.2 Å². The Morgan fingerprint density at radius 3 is 3.00 bits per heavy atom. The second-order valence-corrected chi connectivity index (χ2v) is 6.76. The summed E-state index contributed by atoms with van der Waals surface area (Å²) in [5.41, 5.74) is 0.698. The Kier molecular flexibility index (Phi) is 4.43. The third-order valence-corrected chi connectivity index (χ3v) is 4.89. The van der Waals surface area contributed by atoms with E-state index in [9.17, 15) is 4.79 Å². The summed E-state index contributed by atoms with van der Waals surface area (Å²) >= 11 is 1.42. The average molecular weight is 355 g/mol. The highest BCUT2D eigenvalue weighted by atomic mass is 32.1. The van der Waals surface area contributed by atoms with Gasteiger partial charge in [-0.15, -0.1) is 21.5 Å². The van der Waals surface area contributed by atoms with Gasteiger partial charge in [0, 0.05) is 24.7 Å². The molecule has 0 saturated carbocycles. The first-order valence-electron chi connectivity index (χ1n) is 8.12. The third kappa shape index (κ3) is 3.53. The van der Waals surface area contributed by atoms with E-state index >= 15 is 0 Å². The zero-order valence-electron chi connectivity index (χ0n) is 13.5. The van der Waals surface area contributed by atoms with Gasteiger partial charge in [0.05, 0.1) is 12.2 Å². The molecule has 3 aromatic rings. The Hall–Kier alpha value is -2.74. The van der Waals surface area contributed by atoms with Gasteiger partial charge in [0.1, 0.15) is 5.69 Å². The minimum absolute atomic E-state index is 0.0137. The van der Waals surface area contributed by atoms with Crippen molar-refractivity contribution in [3.8, 4) is 11.5 Å². The Labute approximate surface area is 148 Å². The quantitative estimate of drug-likeness (QED) is 0.774. The van der Waals surface area contributed by atoms with Crippen molar-refractivity contribution in [3.05, 3.63) is 42.1 Å². The molecule has 1 amide bonds. The van der Waals surface area contributed by atoms with Crippen molar-refractivity contribution in [2.45, 2.75) is 12.8 Å². The van der Waals surface area contributed by atoms with E-state index in [0.717, 1.165) is 25.2 Å². The average Bonchev–Trinajstić information content (AvgIpc) is 3.36. The first-order chi connectivity index (χ1) is 12.3. The van der Waals surface area contributed by atoms with E-state index in [4.69, 9.17) is 4.42 Å². The van der Waals surface area contributed by atoms with Crippen LogP contribution in [0.25, 0.3) is 11.5 Å². The summed E-state index contributed by atoms with van der Waals surface area (Å²) < 4.78 is 5.33. The van der Waals surface area contributed by atoms with Crippen molar-refractivity contribution < 1.29 is 9.21 Å². The van der Waals surface area contributed by atoms with E-state index < -0.39 is 0 Å². The van der Waals surface area contributed by atoms with Crippen LogP contribution in [0.1, 0.15) is 12.8 Å². The second kappa shape index (κ2) is 7.02. The molecule has 1 saturated heterocycles. The summed E-state index contributed by atoms with van der Waals surface area (Å²) in [5, 5.41) is 13.9. The van der Waals surface area contributed by atoms with Crippen LogP contribution in [-0.4, -0.2) is 34.2 Å². The van der Waals surface area contributed by atoms with E-state index in [2.05, 4.69) is 25.4 Å². The molecular formula is C17H17N5O2S. The molecule has 8 heteroatoms. The van der Waals surface area contributed by atoms with Gasteiger partial charge in [-0.1, -0.05) is 0 Å². The first-order valence-corrected chi connectivity index (χ1v) is 9.00. The fraction of sp³-hybridized carbons (Fsp3) is 0.294. The number of piperidine rings is 1. The number of carbonyl (C=O) groups excluding carboxylic acids is 1. The zero-order chi connectivity index (χ0) is 17.1. The maximum atomic E-state index is 12.4. The van der Waals surface area contributed by atoms with Gasteiger partial charge in [0.15, 0.2) is 16.7 Å². The number of thiazole rings is 1. The fourth-order valence-electron chi connectivity index (χ4n) is 2.94. The number of hydrogen-bond acceptors (Lipinski definition) is 7. The lowest BCUT2D eigenvalue weighted by Gasteiger charge is -2.32. The van der Waals surface area contributed by atoms with Gasteiger partial charge in [0.2, 0.25) is 5.91 Å². The molecule has 0 aliphatic carbocycles. The topological polar surface area (TPSA) is 84.2 Å². The van der Waals surface area contributed by atoms with E-state index in [1.807, 2.05) is 29.6 Å². The van der Waals surface area contributed by atoms with Crippen LogP contribution in [0.4, 0.5) is 10.9 Å². The lowest BCUT2D eigenvalue weighted by atomic mass is 9.97. The number of amides is 1. The number of aromatic nitrogens is 3. The molecule has 128 valence electrons. The zero-order valence-corrected chi connectivity index (χ0v) is 14.3. The van der Waals surface area contributed by atoms with E-state index in [-0.39, 0.29) is 11.8 Å². The summed E-state index contributed by atoms with van der Waals surface area (Å²) in [6.07, 6.45) is 5.11. The number of carbonyl (C=O) groups is 1. The highest BCUT2D eigenvalue weighted by Crippen LogP contribution is 2.24. The Bertz CT molecular complexity index is 817. The maximum Gasteiger partial charge on any atom is 0.231 e. The lowest BCUT2D eigenvalue weighted by Crippen LogP contribution is -2.41. The van der Waals surface area contributed by atoms with E-state index in [1.54, 1.807) is 12.5 Å². The normalized spacial score (nSPS) is 17.4. The Balaban J connectivity index is 1.43. The number of rotatable bonds is 4. The molecule has 0 spiro atoms. The molecule has 1 N–H and O–H groups in total. The highest BCUT2D eigenvalue weighted by Gasteiger charge is 2.27. The van der Waals surface area contributed by atoms with Gasteiger partial charge in [-0.25, -0.2) is 4.98 Å². The van der Waals surface area contributed by atoms with Crippen molar-refractivity contribution in [3.63, 3.8) is 0 Å². The molecule has 1 fully saturated rings. The predicted octanol–water partition coefficient (Wildman–Crippen LogP) is 3.05. The van der Waals surface area contributed by atoms with Crippen molar-refractivity contribution >= 4 is 28.2 Å². The van der Waals surface area contributed by atoms with Crippen LogP contribution in [0.3, 0.4) is 0 Å². The third-order valence-electron chi connectivity index (χ3n) is 4.20. The highest BCUT2D eigenvalue weighted by molar-refractivity contribution is 7.13. The molecule has 1 aliphatic rings. The van der Waals surface area contributed by atoms with Gasteiger partial charge in [-0.05, 0) is 37.1 Å². The fourth-order valence-corrected chi connectivity index (χ4v) is 3.47. The van der Waals surface area contributed by atoms with Gasteiger partial charge in [-0.2, -0.15) is 0 Å². The number of nitrogens with zero attached hydrogens (tertiary/aromatic N) is 4. The summed E-state index contributed by atoms with van der Waals surface area (Å²) in [4.78, 5) is 18.6. The molecular weight excluding hydrogens is 338 g/mol. The van der Waals surface area contributed by atoms with Crippen molar-refractivity contribution in [2.75, 3.05) is 23.3 Å². The van der Waals surface area contributed by atoms with Crippen LogP contribution in [0.2, 0.25) is 0 Å². The predicted molar refractivity (Wildman–Crippen MR) is 95.4 cm³/mol. The van der Waals surface area contributed by atoms with E-state index in [0.29, 0.717) is 23.1 Å². The Morgan fingerprint density at radius 2 is 2.28 bits per heavy atom. The summed E-state index contributed by atoms with van der Waals surface area (Å²) in [7, 11) is 0. The monoisotopic (exact) mass is 355 g/mol. The van der Waals surface area contributed by atoms with Gasteiger partial charge in [0.25, 0.3) is 0 Å². The van der Waals surface area contributed by atoms with Gasteiger partial charge in [-0.3, -0.25) is 4.79 Å². The molecule has 4 heterocycles. The standard InChI is InChI=1S/C17H17N5O2S/c23-16(19-17-18-7-10-25-17)12-3-1-8-22(11-12)15-6-5-13(20-21-15)14-4-2-9-24-14/h2,4-7,9-10,12H,1,3,8,11H2,(H,18,19,23). The van der Waals surface area contributed by atoms with Crippen LogP contribution in [0.15, 0.2) is 46.5 Å². The van der Waals surface area contributed by atoms with Crippen molar-refractivity contribution in [1.29, 1.82) is 0 Å². The van der Waals surface area contributed by atoms with Gasteiger partial charge < -0.3 is 14.6 Å². The van der Waals surface area contributed by atoms with Crippen LogP contribution in [0, 0.1) is 5.92 Å². The second-order valence-electron chi connectivity index (χ2n) is 5.87. The number of anilines is 2. The summed E-state index contributed by atoms with van der Waals surface area (Å²) in [6, 6.07) is 7.48. The first kappa shape index (κ1) is 15.8. The molecule has 0 bridgehead atoms. The number of furan rings is 1.